The standard InChI is InChI=1S/C11H18N2O/c1-2-10-8-13-14-11(10)6-9-4-3-5-12-7-9/h8-9,12H,2-7H2,1H3. The molecule has 1 aromatic rings. The normalized spacial score (nSPS) is 22.5. The van der Waals surface area contributed by atoms with E-state index in [0.29, 0.717) is 0 Å². The SMILES string of the molecule is CCc1cnoc1CC1CCCNC1. The van der Waals surface area contributed by atoms with E-state index in [2.05, 4.69) is 17.4 Å². The van der Waals surface area contributed by atoms with Crippen molar-refractivity contribution < 1.29 is 4.52 Å². The Morgan fingerprint density at radius 2 is 2.57 bits per heavy atom. The van der Waals surface area contributed by atoms with Crippen molar-refractivity contribution in [2.75, 3.05) is 13.1 Å². The first kappa shape index (κ1) is 9.71. The number of piperidine rings is 1. The highest BCUT2D eigenvalue weighted by atomic mass is 16.5. The molecule has 1 atom stereocenters. The zero-order chi connectivity index (χ0) is 9.80. The molecule has 0 radical (unpaired) electrons. The van der Waals surface area contributed by atoms with Crippen molar-refractivity contribution in [1.29, 1.82) is 0 Å². The molecule has 3 heteroatoms. The highest BCUT2D eigenvalue weighted by Gasteiger charge is 2.17. The van der Waals surface area contributed by atoms with Crippen LogP contribution in [-0.4, -0.2) is 18.2 Å². The summed E-state index contributed by atoms with van der Waals surface area (Å²) in [6.07, 6.45) is 6.54. The second-order valence-corrected chi connectivity index (χ2v) is 4.04. The zero-order valence-corrected chi connectivity index (χ0v) is 8.75. The number of rotatable bonds is 3. The van der Waals surface area contributed by atoms with Gasteiger partial charge in [0, 0.05) is 12.0 Å². The maximum Gasteiger partial charge on any atom is 0.140 e. The molecule has 0 bridgehead atoms. The Morgan fingerprint density at radius 1 is 1.64 bits per heavy atom. The number of aryl methyl sites for hydroxylation is 1. The van der Waals surface area contributed by atoms with Crippen molar-refractivity contribution in [3.05, 3.63) is 17.5 Å². The average molecular weight is 194 g/mol. The third-order valence-electron chi connectivity index (χ3n) is 2.98. The van der Waals surface area contributed by atoms with Crippen LogP contribution in [0.5, 0.6) is 0 Å². The summed E-state index contributed by atoms with van der Waals surface area (Å²) in [5, 5.41) is 7.29. The van der Waals surface area contributed by atoms with Gasteiger partial charge in [-0.25, -0.2) is 0 Å². The number of nitrogens with zero attached hydrogens (tertiary/aromatic N) is 1. The molecule has 2 rings (SSSR count). The molecule has 1 fully saturated rings. The molecule has 14 heavy (non-hydrogen) atoms. The van der Waals surface area contributed by atoms with Gasteiger partial charge in [-0.1, -0.05) is 12.1 Å². The van der Waals surface area contributed by atoms with Crippen molar-refractivity contribution in [2.24, 2.45) is 5.92 Å². The van der Waals surface area contributed by atoms with Crippen molar-refractivity contribution in [2.45, 2.75) is 32.6 Å². The lowest BCUT2D eigenvalue weighted by atomic mass is 9.94. The minimum Gasteiger partial charge on any atom is -0.361 e. The molecular weight excluding hydrogens is 176 g/mol. The molecule has 1 unspecified atom stereocenters. The Morgan fingerprint density at radius 3 is 3.29 bits per heavy atom. The van der Waals surface area contributed by atoms with Gasteiger partial charge in [-0.05, 0) is 38.3 Å². The molecule has 0 spiro atoms. The first-order valence-corrected chi connectivity index (χ1v) is 5.53. The highest BCUT2D eigenvalue weighted by molar-refractivity contribution is 5.13. The van der Waals surface area contributed by atoms with Crippen LogP contribution in [0.4, 0.5) is 0 Å². The summed E-state index contributed by atoms with van der Waals surface area (Å²) in [7, 11) is 0. The van der Waals surface area contributed by atoms with Crippen LogP contribution in [0.25, 0.3) is 0 Å². The van der Waals surface area contributed by atoms with E-state index in [4.69, 9.17) is 4.52 Å². The molecule has 3 nitrogen and oxygen atoms in total. The topological polar surface area (TPSA) is 38.1 Å². The van der Waals surface area contributed by atoms with Gasteiger partial charge in [0.1, 0.15) is 5.76 Å². The number of aromatic nitrogens is 1. The molecule has 0 aliphatic carbocycles. The van der Waals surface area contributed by atoms with Gasteiger partial charge in [0.05, 0.1) is 6.20 Å². The third-order valence-corrected chi connectivity index (χ3v) is 2.98. The van der Waals surface area contributed by atoms with E-state index in [1.807, 2.05) is 6.20 Å². The number of hydrogen-bond donors (Lipinski definition) is 1. The van der Waals surface area contributed by atoms with Gasteiger partial charge in [0.25, 0.3) is 0 Å². The summed E-state index contributed by atoms with van der Waals surface area (Å²) in [5.74, 6) is 1.84. The predicted octanol–water partition coefficient (Wildman–Crippen LogP) is 1.78. The maximum absolute atomic E-state index is 5.28. The van der Waals surface area contributed by atoms with Crippen molar-refractivity contribution in [1.82, 2.24) is 10.5 Å². The van der Waals surface area contributed by atoms with Gasteiger partial charge in [0.2, 0.25) is 0 Å². The van der Waals surface area contributed by atoms with E-state index in [-0.39, 0.29) is 0 Å². The van der Waals surface area contributed by atoms with E-state index in [1.54, 1.807) is 0 Å². The highest BCUT2D eigenvalue weighted by Crippen LogP contribution is 2.19. The monoisotopic (exact) mass is 194 g/mol. The molecule has 1 saturated heterocycles. The third kappa shape index (κ3) is 2.15. The lowest BCUT2D eigenvalue weighted by molar-refractivity contribution is 0.320. The molecular formula is C11H18N2O. The van der Waals surface area contributed by atoms with Crippen LogP contribution < -0.4 is 5.32 Å². The van der Waals surface area contributed by atoms with Crippen molar-refractivity contribution in [3.8, 4) is 0 Å². The van der Waals surface area contributed by atoms with E-state index >= 15 is 0 Å². The lowest BCUT2D eigenvalue weighted by Gasteiger charge is -2.21. The zero-order valence-electron chi connectivity index (χ0n) is 8.75. The second-order valence-electron chi connectivity index (χ2n) is 4.04. The molecule has 1 aliphatic rings. The van der Waals surface area contributed by atoms with Crippen LogP contribution in [0.2, 0.25) is 0 Å². The Kier molecular flexibility index (Phi) is 3.19. The Labute approximate surface area is 84.9 Å². The minimum absolute atomic E-state index is 0.738. The first-order chi connectivity index (χ1) is 6.90. The molecule has 2 heterocycles. The Balaban J connectivity index is 1.95. The van der Waals surface area contributed by atoms with Gasteiger partial charge >= 0.3 is 0 Å². The maximum atomic E-state index is 5.28. The fraction of sp³-hybridized carbons (Fsp3) is 0.727. The molecule has 0 saturated carbocycles. The first-order valence-electron chi connectivity index (χ1n) is 5.53. The number of nitrogens with one attached hydrogen (secondary N) is 1. The van der Waals surface area contributed by atoms with Gasteiger partial charge in [-0.2, -0.15) is 0 Å². The Hall–Kier alpha value is -0.830. The lowest BCUT2D eigenvalue weighted by Crippen LogP contribution is -2.30. The van der Waals surface area contributed by atoms with E-state index in [1.165, 1.54) is 24.9 Å². The van der Waals surface area contributed by atoms with Crippen LogP contribution in [0.15, 0.2) is 10.7 Å². The molecule has 78 valence electrons. The predicted molar refractivity (Wildman–Crippen MR) is 55.2 cm³/mol. The fourth-order valence-electron chi connectivity index (χ4n) is 2.10. The van der Waals surface area contributed by atoms with E-state index in [0.717, 1.165) is 31.1 Å². The van der Waals surface area contributed by atoms with Crippen LogP contribution in [0.3, 0.4) is 0 Å². The summed E-state index contributed by atoms with van der Waals surface area (Å²) < 4.78 is 5.28. The van der Waals surface area contributed by atoms with E-state index < -0.39 is 0 Å². The average Bonchev–Trinajstić information content (AvgIpc) is 2.67. The minimum atomic E-state index is 0.738. The summed E-state index contributed by atoms with van der Waals surface area (Å²) in [6.45, 7) is 4.45. The summed E-state index contributed by atoms with van der Waals surface area (Å²) in [6, 6.07) is 0. The summed E-state index contributed by atoms with van der Waals surface area (Å²) >= 11 is 0. The largest absolute Gasteiger partial charge is 0.361 e. The van der Waals surface area contributed by atoms with Crippen LogP contribution in [-0.2, 0) is 12.8 Å². The van der Waals surface area contributed by atoms with Gasteiger partial charge in [0.15, 0.2) is 0 Å². The van der Waals surface area contributed by atoms with Crippen LogP contribution in [0, 0.1) is 5.92 Å². The quantitative estimate of drug-likeness (QED) is 0.797. The number of hydrogen-bond acceptors (Lipinski definition) is 3. The molecule has 1 aromatic heterocycles. The van der Waals surface area contributed by atoms with Crippen LogP contribution in [0.1, 0.15) is 31.1 Å². The van der Waals surface area contributed by atoms with Crippen molar-refractivity contribution >= 4 is 0 Å². The molecule has 1 N–H and O–H groups in total. The van der Waals surface area contributed by atoms with Crippen molar-refractivity contribution in [3.63, 3.8) is 0 Å². The van der Waals surface area contributed by atoms with Crippen LogP contribution >= 0.6 is 0 Å². The smallest absolute Gasteiger partial charge is 0.140 e. The van der Waals surface area contributed by atoms with Gasteiger partial charge in [-0.15, -0.1) is 0 Å². The summed E-state index contributed by atoms with van der Waals surface area (Å²) in [5.41, 5.74) is 1.27. The molecule has 1 aliphatic heterocycles. The Bertz CT molecular complexity index is 277. The molecule has 0 aromatic carbocycles. The molecule has 0 amide bonds. The van der Waals surface area contributed by atoms with Gasteiger partial charge < -0.3 is 9.84 Å². The van der Waals surface area contributed by atoms with Gasteiger partial charge in [-0.3, -0.25) is 0 Å². The second kappa shape index (κ2) is 4.60. The van der Waals surface area contributed by atoms with E-state index in [9.17, 15) is 0 Å². The fourth-order valence-corrected chi connectivity index (χ4v) is 2.10. The summed E-state index contributed by atoms with van der Waals surface area (Å²) in [4.78, 5) is 0.